The third kappa shape index (κ3) is 7.07. The van der Waals surface area contributed by atoms with Crippen LogP contribution in [-0.2, 0) is 6.54 Å². The van der Waals surface area contributed by atoms with Crippen molar-refractivity contribution >= 4 is 34.8 Å². The molecule has 0 saturated heterocycles. The average molecular weight is 451 g/mol. The first-order chi connectivity index (χ1) is 14.3. The molecule has 0 aliphatic heterocycles. The standard InChI is InChI=1S/C22H27ClN2O4S/c1-14(2)9-10-29-17-7-5-15(6-8-17)21(26)25-22(30)24-13-16-11-19(27-3)20(28-4)12-18(16)23/h5-8,11-12,14H,9-10,13H2,1-4H3,(H2,24,25,26,30). The highest BCUT2D eigenvalue weighted by Crippen LogP contribution is 2.32. The normalized spacial score (nSPS) is 10.5. The summed E-state index contributed by atoms with van der Waals surface area (Å²) in [5.74, 6) is 2.11. The van der Waals surface area contributed by atoms with Crippen LogP contribution in [-0.4, -0.2) is 31.8 Å². The van der Waals surface area contributed by atoms with E-state index in [9.17, 15) is 4.79 Å². The zero-order valence-electron chi connectivity index (χ0n) is 17.6. The Hall–Kier alpha value is -2.51. The fourth-order valence-corrected chi connectivity index (χ4v) is 2.93. The van der Waals surface area contributed by atoms with Crippen molar-refractivity contribution in [1.82, 2.24) is 10.6 Å². The van der Waals surface area contributed by atoms with Gasteiger partial charge in [-0.1, -0.05) is 25.4 Å². The summed E-state index contributed by atoms with van der Waals surface area (Å²) in [7, 11) is 3.09. The summed E-state index contributed by atoms with van der Waals surface area (Å²) in [6, 6.07) is 10.4. The number of carbonyl (C=O) groups is 1. The number of methoxy groups -OCH3 is 2. The number of ether oxygens (including phenoxy) is 3. The number of amides is 1. The number of hydrogen-bond acceptors (Lipinski definition) is 5. The molecule has 6 nitrogen and oxygen atoms in total. The lowest BCUT2D eigenvalue weighted by atomic mass is 10.1. The van der Waals surface area contributed by atoms with Gasteiger partial charge in [-0.15, -0.1) is 0 Å². The van der Waals surface area contributed by atoms with E-state index in [1.54, 1.807) is 50.6 Å². The van der Waals surface area contributed by atoms with Crippen molar-refractivity contribution in [3.63, 3.8) is 0 Å². The fourth-order valence-electron chi connectivity index (χ4n) is 2.54. The minimum absolute atomic E-state index is 0.197. The first-order valence-electron chi connectivity index (χ1n) is 9.56. The first-order valence-corrected chi connectivity index (χ1v) is 10.3. The molecule has 0 spiro atoms. The smallest absolute Gasteiger partial charge is 0.257 e. The summed E-state index contributed by atoms with van der Waals surface area (Å²) < 4.78 is 16.2. The van der Waals surface area contributed by atoms with E-state index in [2.05, 4.69) is 24.5 Å². The molecule has 0 heterocycles. The van der Waals surface area contributed by atoms with Crippen molar-refractivity contribution in [2.75, 3.05) is 20.8 Å². The molecule has 8 heteroatoms. The van der Waals surface area contributed by atoms with Crippen molar-refractivity contribution < 1.29 is 19.0 Å². The molecule has 0 radical (unpaired) electrons. The number of hydrogen-bond donors (Lipinski definition) is 2. The monoisotopic (exact) mass is 450 g/mol. The van der Waals surface area contributed by atoms with Crippen molar-refractivity contribution in [2.45, 2.75) is 26.8 Å². The number of benzene rings is 2. The van der Waals surface area contributed by atoms with Crippen molar-refractivity contribution in [3.05, 3.63) is 52.5 Å². The van der Waals surface area contributed by atoms with E-state index >= 15 is 0 Å². The van der Waals surface area contributed by atoms with Crippen LogP contribution in [0.1, 0.15) is 36.2 Å². The SMILES string of the molecule is COc1cc(Cl)c(CNC(=S)NC(=O)c2ccc(OCCC(C)C)cc2)cc1OC. The zero-order valence-corrected chi connectivity index (χ0v) is 19.2. The maximum absolute atomic E-state index is 12.4. The Labute approximate surface area is 187 Å². The van der Waals surface area contributed by atoms with Crippen LogP contribution in [0.5, 0.6) is 17.2 Å². The van der Waals surface area contributed by atoms with Gasteiger partial charge in [-0.05, 0) is 60.5 Å². The average Bonchev–Trinajstić information content (AvgIpc) is 2.72. The van der Waals surface area contributed by atoms with E-state index < -0.39 is 0 Å². The predicted molar refractivity (Wildman–Crippen MR) is 123 cm³/mol. The Bertz CT molecular complexity index is 872. The highest BCUT2D eigenvalue weighted by Gasteiger charge is 2.12. The first kappa shape index (κ1) is 23.8. The topological polar surface area (TPSA) is 68.8 Å². The largest absolute Gasteiger partial charge is 0.494 e. The van der Waals surface area contributed by atoms with E-state index in [-0.39, 0.29) is 11.0 Å². The van der Waals surface area contributed by atoms with E-state index in [1.165, 1.54) is 0 Å². The van der Waals surface area contributed by atoms with Gasteiger partial charge in [0.05, 0.1) is 20.8 Å². The number of thiocarbonyl (C=S) groups is 1. The lowest BCUT2D eigenvalue weighted by molar-refractivity contribution is 0.0976. The second-order valence-electron chi connectivity index (χ2n) is 6.99. The summed E-state index contributed by atoms with van der Waals surface area (Å²) in [5, 5.41) is 6.33. The molecular weight excluding hydrogens is 424 g/mol. The number of carbonyl (C=O) groups excluding carboxylic acids is 1. The molecule has 0 aliphatic rings. The highest BCUT2D eigenvalue weighted by molar-refractivity contribution is 7.80. The molecule has 0 fully saturated rings. The van der Waals surface area contributed by atoms with Crippen LogP contribution in [0.15, 0.2) is 36.4 Å². The Morgan fingerprint density at radius 2 is 1.73 bits per heavy atom. The van der Waals surface area contributed by atoms with Gasteiger partial charge in [0.2, 0.25) is 0 Å². The van der Waals surface area contributed by atoms with E-state index in [1.807, 2.05) is 0 Å². The highest BCUT2D eigenvalue weighted by atomic mass is 35.5. The van der Waals surface area contributed by atoms with Crippen molar-refractivity contribution in [3.8, 4) is 17.2 Å². The van der Waals surface area contributed by atoms with Gasteiger partial charge in [0, 0.05) is 23.2 Å². The molecule has 0 saturated carbocycles. The third-order valence-electron chi connectivity index (χ3n) is 4.30. The van der Waals surface area contributed by atoms with Gasteiger partial charge >= 0.3 is 0 Å². The molecule has 2 N–H and O–H groups in total. The van der Waals surface area contributed by atoms with Crippen molar-refractivity contribution in [1.29, 1.82) is 0 Å². The van der Waals surface area contributed by atoms with Crippen LogP contribution in [0.2, 0.25) is 5.02 Å². The Kier molecular flexibility index (Phi) is 9.20. The fraction of sp³-hybridized carbons (Fsp3) is 0.364. The van der Waals surface area contributed by atoms with E-state index in [4.69, 9.17) is 38.0 Å². The molecule has 2 aromatic carbocycles. The van der Waals surface area contributed by atoms with Crippen LogP contribution in [0, 0.1) is 5.92 Å². The second kappa shape index (κ2) is 11.6. The van der Waals surface area contributed by atoms with Crippen LogP contribution in [0.4, 0.5) is 0 Å². The Balaban J connectivity index is 1.88. The molecule has 0 aromatic heterocycles. The molecule has 0 atom stereocenters. The van der Waals surface area contributed by atoms with Crippen LogP contribution < -0.4 is 24.8 Å². The lowest BCUT2D eigenvalue weighted by Crippen LogP contribution is -2.38. The molecule has 2 aromatic rings. The Morgan fingerprint density at radius 3 is 2.33 bits per heavy atom. The maximum Gasteiger partial charge on any atom is 0.257 e. The number of nitrogens with one attached hydrogen (secondary N) is 2. The molecule has 0 bridgehead atoms. The predicted octanol–water partition coefficient (Wildman–Crippen LogP) is 4.59. The minimum atomic E-state index is -0.306. The molecular formula is C22H27ClN2O4S. The van der Waals surface area contributed by atoms with Gasteiger partial charge in [-0.2, -0.15) is 0 Å². The summed E-state index contributed by atoms with van der Waals surface area (Å²) in [6.45, 7) is 5.26. The van der Waals surface area contributed by atoms with Gasteiger partial charge in [0.15, 0.2) is 16.6 Å². The maximum atomic E-state index is 12.4. The molecule has 1 amide bonds. The van der Waals surface area contributed by atoms with Crippen LogP contribution >= 0.6 is 23.8 Å². The summed E-state index contributed by atoms with van der Waals surface area (Å²) >= 11 is 11.5. The summed E-state index contributed by atoms with van der Waals surface area (Å²) in [4.78, 5) is 12.4. The lowest BCUT2D eigenvalue weighted by Gasteiger charge is -2.14. The molecule has 162 valence electrons. The molecule has 30 heavy (non-hydrogen) atoms. The quantitative estimate of drug-likeness (QED) is 0.545. The molecule has 0 unspecified atom stereocenters. The van der Waals surface area contributed by atoms with Gasteiger partial charge in [-0.25, -0.2) is 0 Å². The molecule has 0 aliphatic carbocycles. The van der Waals surface area contributed by atoms with Crippen molar-refractivity contribution in [2.24, 2.45) is 5.92 Å². The van der Waals surface area contributed by atoms with Gasteiger partial charge < -0.3 is 19.5 Å². The second-order valence-corrected chi connectivity index (χ2v) is 7.81. The molecule has 2 rings (SSSR count). The van der Waals surface area contributed by atoms with Gasteiger partial charge in [0.25, 0.3) is 5.91 Å². The van der Waals surface area contributed by atoms with Crippen LogP contribution in [0.3, 0.4) is 0 Å². The number of rotatable bonds is 9. The summed E-state index contributed by atoms with van der Waals surface area (Å²) in [5.41, 5.74) is 1.24. The van der Waals surface area contributed by atoms with Gasteiger partial charge in [-0.3, -0.25) is 10.1 Å². The number of halogens is 1. The summed E-state index contributed by atoms with van der Waals surface area (Å²) in [6.07, 6.45) is 0.978. The van der Waals surface area contributed by atoms with Gasteiger partial charge in [0.1, 0.15) is 5.75 Å². The Morgan fingerprint density at radius 1 is 1.10 bits per heavy atom. The van der Waals surface area contributed by atoms with E-state index in [0.717, 1.165) is 17.7 Å². The zero-order chi connectivity index (χ0) is 22.1. The minimum Gasteiger partial charge on any atom is -0.494 e. The van der Waals surface area contributed by atoms with E-state index in [0.29, 0.717) is 41.2 Å². The van der Waals surface area contributed by atoms with Crippen LogP contribution in [0.25, 0.3) is 0 Å². The third-order valence-corrected chi connectivity index (χ3v) is 4.90.